The van der Waals surface area contributed by atoms with Crippen LogP contribution in [0.1, 0.15) is 28.9 Å². The Labute approximate surface area is 152 Å². The van der Waals surface area contributed by atoms with Crippen molar-refractivity contribution < 1.29 is 14.3 Å². The van der Waals surface area contributed by atoms with Crippen molar-refractivity contribution in [2.45, 2.75) is 31.5 Å². The van der Waals surface area contributed by atoms with Gasteiger partial charge in [-0.3, -0.25) is 9.78 Å². The van der Waals surface area contributed by atoms with Crippen molar-refractivity contribution in [1.82, 2.24) is 20.3 Å². The van der Waals surface area contributed by atoms with Gasteiger partial charge >= 0.3 is 0 Å². The summed E-state index contributed by atoms with van der Waals surface area (Å²) < 4.78 is 13.9. The van der Waals surface area contributed by atoms with Gasteiger partial charge in [-0.25, -0.2) is 14.4 Å². The predicted octanol–water partition coefficient (Wildman–Crippen LogP) is 2.09. The number of nitrogens with one attached hydrogen (secondary N) is 2. The number of carbonyl (C=O) groups is 1. The summed E-state index contributed by atoms with van der Waals surface area (Å²) in [7, 11) is 0. The predicted molar refractivity (Wildman–Crippen MR) is 95.4 cm³/mol. The largest absolute Gasteiger partial charge is 0.393 e. The summed E-state index contributed by atoms with van der Waals surface area (Å²) in [5.41, 5.74) is 1.61. The van der Waals surface area contributed by atoms with E-state index in [9.17, 15) is 14.3 Å². The number of fused-ring (bicyclic) bond motifs is 1. The second kappa shape index (κ2) is 6.93. The third kappa shape index (κ3) is 3.49. The van der Waals surface area contributed by atoms with Crippen LogP contribution in [-0.4, -0.2) is 38.1 Å². The van der Waals surface area contributed by atoms with Gasteiger partial charge in [-0.15, -0.1) is 11.3 Å². The number of carbonyl (C=O) groups excluding carboxylic acids is 1. The number of halogens is 1. The molecule has 1 fully saturated rings. The van der Waals surface area contributed by atoms with Gasteiger partial charge < -0.3 is 15.7 Å². The highest BCUT2D eigenvalue weighted by Gasteiger charge is 2.29. The van der Waals surface area contributed by atoms with Crippen LogP contribution in [0.3, 0.4) is 0 Å². The smallest absolute Gasteiger partial charge is 0.271 e. The molecule has 0 bridgehead atoms. The third-order valence-electron chi connectivity index (χ3n) is 4.18. The normalized spacial score (nSPS) is 19.2. The van der Waals surface area contributed by atoms with E-state index in [4.69, 9.17) is 0 Å². The molecular formula is C17H16FN5O2S. The standard InChI is InChI=1S/C17H16FN5O2S/c18-10-3-9(6-19-8-10)7-20-17-22-13-1-2-26-15(13)14(23-17)16(25)21-11-4-12(24)5-11/h1-3,6,8,11-12,24H,4-5,7H2,(H,21,25)(H,20,22,23). The number of nitrogens with zero attached hydrogens (tertiary/aromatic N) is 3. The van der Waals surface area contributed by atoms with Gasteiger partial charge in [-0.05, 0) is 35.9 Å². The average Bonchev–Trinajstić information content (AvgIpc) is 3.06. The van der Waals surface area contributed by atoms with Crippen molar-refractivity contribution in [2.75, 3.05) is 5.32 Å². The van der Waals surface area contributed by atoms with E-state index in [1.165, 1.54) is 17.4 Å². The minimum Gasteiger partial charge on any atom is -0.393 e. The van der Waals surface area contributed by atoms with Crippen LogP contribution in [0, 0.1) is 5.82 Å². The maximum Gasteiger partial charge on any atom is 0.271 e. The van der Waals surface area contributed by atoms with E-state index in [2.05, 4.69) is 25.6 Å². The summed E-state index contributed by atoms with van der Waals surface area (Å²) >= 11 is 1.40. The molecule has 0 spiro atoms. The second-order valence-corrected chi connectivity index (χ2v) is 7.11. The Morgan fingerprint density at radius 3 is 2.96 bits per heavy atom. The van der Waals surface area contributed by atoms with Gasteiger partial charge in [0, 0.05) is 18.8 Å². The van der Waals surface area contributed by atoms with E-state index in [1.54, 1.807) is 6.20 Å². The summed E-state index contributed by atoms with van der Waals surface area (Å²) in [5, 5.41) is 17.1. The molecule has 7 nitrogen and oxygen atoms in total. The van der Waals surface area contributed by atoms with Gasteiger partial charge in [0.25, 0.3) is 5.91 Å². The minimum atomic E-state index is -0.416. The fraction of sp³-hybridized carbons (Fsp3) is 0.294. The second-order valence-electron chi connectivity index (χ2n) is 6.19. The fourth-order valence-corrected chi connectivity index (χ4v) is 3.61. The molecule has 1 amide bonds. The SMILES string of the molecule is O=C(NC1CC(O)C1)c1nc(NCc2cncc(F)c2)nc2ccsc12. The van der Waals surface area contributed by atoms with Gasteiger partial charge in [0.15, 0.2) is 5.69 Å². The van der Waals surface area contributed by atoms with Crippen molar-refractivity contribution in [3.63, 3.8) is 0 Å². The third-order valence-corrected chi connectivity index (χ3v) is 5.09. The van der Waals surface area contributed by atoms with Crippen LogP contribution in [-0.2, 0) is 6.54 Å². The van der Waals surface area contributed by atoms with Crippen molar-refractivity contribution in [2.24, 2.45) is 0 Å². The first-order valence-electron chi connectivity index (χ1n) is 8.16. The number of anilines is 1. The lowest BCUT2D eigenvalue weighted by Gasteiger charge is -2.31. The van der Waals surface area contributed by atoms with E-state index in [1.807, 2.05) is 11.4 Å². The lowest BCUT2D eigenvalue weighted by Crippen LogP contribution is -2.47. The highest BCUT2D eigenvalue weighted by atomic mass is 32.1. The number of hydrogen-bond donors (Lipinski definition) is 3. The zero-order valence-electron chi connectivity index (χ0n) is 13.6. The molecule has 0 saturated heterocycles. The number of amides is 1. The molecule has 0 radical (unpaired) electrons. The lowest BCUT2D eigenvalue weighted by molar-refractivity contribution is 0.0561. The number of thiophene rings is 1. The number of pyridine rings is 1. The molecule has 0 aliphatic heterocycles. The van der Waals surface area contributed by atoms with Gasteiger partial charge in [0.05, 0.1) is 22.5 Å². The molecule has 1 saturated carbocycles. The van der Waals surface area contributed by atoms with Gasteiger partial charge in [0.2, 0.25) is 5.95 Å². The van der Waals surface area contributed by atoms with Gasteiger partial charge in [-0.2, -0.15) is 0 Å². The molecule has 3 N–H and O–H groups in total. The Morgan fingerprint density at radius 2 is 2.19 bits per heavy atom. The molecule has 26 heavy (non-hydrogen) atoms. The Kier molecular flexibility index (Phi) is 4.48. The molecule has 0 aromatic carbocycles. The lowest BCUT2D eigenvalue weighted by atomic mass is 9.89. The Hall–Kier alpha value is -2.65. The van der Waals surface area contributed by atoms with Gasteiger partial charge in [0.1, 0.15) is 5.82 Å². The zero-order chi connectivity index (χ0) is 18.1. The summed E-state index contributed by atoms with van der Waals surface area (Å²) in [6.07, 6.45) is 3.46. The molecular weight excluding hydrogens is 357 g/mol. The molecule has 134 valence electrons. The number of aliphatic hydroxyl groups is 1. The monoisotopic (exact) mass is 373 g/mol. The highest BCUT2D eigenvalue weighted by Crippen LogP contribution is 2.25. The average molecular weight is 373 g/mol. The maximum atomic E-state index is 13.2. The topological polar surface area (TPSA) is 100 Å². The van der Waals surface area contributed by atoms with Crippen LogP contribution in [0.4, 0.5) is 10.3 Å². The molecule has 3 heterocycles. The Balaban J connectivity index is 1.55. The fourth-order valence-electron chi connectivity index (χ4n) is 2.79. The number of hydrogen-bond acceptors (Lipinski definition) is 7. The van der Waals surface area contributed by atoms with Crippen LogP contribution in [0.15, 0.2) is 29.9 Å². The van der Waals surface area contributed by atoms with Crippen LogP contribution >= 0.6 is 11.3 Å². The van der Waals surface area contributed by atoms with Crippen LogP contribution in [0.25, 0.3) is 10.2 Å². The summed E-state index contributed by atoms with van der Waals surface area (Å²) in [6.45, 7) is 0.288. The molecule has 1 aliphatic carbocycles. The summed E-state index contributed by atoms with van der Waals surface area (Å²) in [5.74, 6) is -0.410. The van der Waals surface area contributed by atoms with E-state index < -0.39 is 5.82 Å². The Bertz CT molecular complexity index is 957. The van der Waals surface area contributed by atoms with Crippen molar-refractivity contribution >= 4 is 33.4 Å². The molecule has 1 aliphatic rings. The molecule has 3 aromatic rings. The summed E-state index contributed by atoms with van der Waals surface area (Å²) in [4.78, 5) is 25.1. The van der Waals surface area contributed by atoms with Crippen molar-refractivity contribution in [3.8, 4) is 0 Å². The van der Waals surface area contributed by atoms with Crippen molar-refractivity contribution in [1.29, 1.82) is 0 Å². The van der Waals surface area contributed by atoms with Crippen LogP contribution < -0.4 is 10.6 Å². The molecule has 3 aromatic heterocycles. The number of aliphatic hydroxyl groups excluding tert-OH is 1. The van der Waals surface area contributed by atoms with E-state index in [0.717, 1.165) is 6.20 Å². The van der Waals surface area contributed by atoms with Crippen LogP contribution in [0.5, 0.6) is 0 Å². The molecule has 4 rings (SSSR count). The first kappa shape index (κ1) is 16.8. The molecule has 0 unspecified atom stereocenters. The van der Waals surface area contributed by atoms with Gasteiger partial charge in [-0.1, -0.05) is 0 Å². The quantitative estimate of drug-likeness (QED) is 0.633. The van der Waals surface area contributed by atoms with E-state index in [0.29, 0.717) is 40.3 Å². The molecule has 9 heteroatoms. The van der Waals surface area contributed by atoms with E-state index in [-0.39, 0.29) is 24.6 Å². The summed E-state index contributed by atoms with van der Waals surface area (Å²) in [6, 6.07) is 3.16. The first-order chi connectivity index (χ1) is 12.6. The van der Waals surface area contributed by atoms with E-state index >= 15 is 0 Å². The highest BCUT2D eigenvalue weighted by molar-refractivity contribution is 7.17. The zero-order valence-corrected chi connectivity index (χ0v) is 14.5. The number of rotatable bonds is 5. The van der Waals surface area contributed by atoms with Crippen LogP contribution in [0.2, 0.25) is 0 Å². The maximum absolute atomic E-state index is 13.2. The molecule has 0 atom stereocenters. The Morgan fingerprint density at radius 1 is 1.35 bits per heavy atom. The number of aromatic nitrogens is 3. The minimum absolute atomic E-state index is 0.0303. The van der Waals surface area contributed by atoms with Crippen molar-refractivity contribution in [3.05, 3.63) is 47.0 Å². The first-order valence-corrected chi connectivity index (χ1v) is 9.04.